The van der Waals surface area contributed by atoms with Crippen molar-refractivity contribution in [2.24, 2.45) is 5.73 Å². The fourth-order valence-corrected chi connectivity index (χ4v) is 1.71. The molecule has 2 N–H and O–H groups in total. The van der Waals surface area contributed by atoms with E-state index in [9.17, 15) is 0 Å². The maximum absolute atomic E-state index is 5.87. The van der Waals surface area contributed by atoms with E-state index in [-0.39, 0.29) is 5.60 Å². The molecule has 1 rings (SSSR count). The first kappa shape index (κ1) is 10.0. The van der Waals surface area contributed by atoms with Gasteiger partial charge >= 0.3 is 0 Å². The van der Waals surface area contributed by atoms with E-state index in [0.29, 0.717) is 12.1 Å². The van der Waals surface area contributed by atoms with Crippen molar-refractivity contribution in [2.75, 3.05) is 0 Å². The number of ether oxygens (including phenoxy) is 1. The van der Waals surface area contributed by atoms with Crippen LogP contribution in [0.1, 0.15) is 46.5 Å². The highest BCUT2D eigenvalue weighted by atomic mass is 16.5. The Balaban J connectivity index is 2.26. The average molecular weight is 171 g/mol. The molecule has 1 fully saturated rings. The second-order valence-electron chi connectivity index (χ2n) is 4.77. The molecular weight excluding hydrogens is 150 g/mol. The first-order valence-corrected chi connectivity index (χ1v) is 4.91. The quantitative estimate of drug-likeness (QED) is 0.655. The van der Waals surface area contributed by atoms with Crippen LogP contribution in [0.2, 0.25) is 0 Å². The summed E-state index contributed by atoms with van der Waals surface area (Å²) in [7, 11) is 0. The highest BCUT2D eigenvalue weighted by Gasteiger charge is 2.23. The minimum atomic E-state index is 0.00605. The van der Waals surface area contributed by atoms with Crippen LogP contribution in [0.5, 0.6) is 0 Å². The van der Waals surface area contributed by atoms with E-state index in [1.165, 1.54) is 0 Å². The van der Waals surface area contributed by atoms with Crippen LogP contribution in [0.15, 0.2) is 0 Å². The zero-order valence-electron chi connectivity index (χ0n) is 8.47. The van der Waals surface area contributed by atoms with E-state index >= 15 is 0 Å². The van der Waals surface area contributed by atoms with E-state index in [0.717, 1.165) is 25.7 Å². The van der Waals surface area contributed by atoms with Gasteiger partial charge in [-0.15, -0.1) is 0 Å². The fraction of sp³-hybridized carbons (Fsp3) is 1.00. The van der Waals surface area contributed by atoms with Gasteiger partial charge in [-0.05, 0) is 46.5 Å². The van der Waals surface area contributed by atoms with Gasteiger partial charge in [0.25, 0.3) is 0 Å². The molecule has 0 aliphatic heterocycles. The Bertz CT molecular complexity index is 131. The van der Waals surface area contributed by atoms with Crippen LogP contribution in [0, 0.1) is 0 Å². The molecule has 0 aromatic heterocycles. The lowest BCUT2D eigenvalue weighted by atomic mass is 9.93. The SMILES string of the molecule is CC(C)(C)OC1CCC(N)CC1. The predicted molar refractivity (Wildman–Crippen MR) is 51.1 cm³/mol. The highest BCUT2D eigenvalue weighted by Crippen LogP contribution is 2.23. The Hall–Kier alpha value is -0.0800. The maximum Gasteiger partial charge on any atom is 0.0602 e. The molecule has 2 heteroatoms. The van der Waals surface area contributed by atoms with Gasteiger partial charge in [-0.3, -0.25) is 0 Å². The molecule has 1 aliphatic rings. The van der Waals surface area contributed by atoms with Crippen molar-refractivity contribution in [2.45, 2.75) is 64.2 Å². The van der Waals surface area contributed by atoms with Crippen molar-refractivity contribution >= 4 is 0 Å². The lowest BCUT2D eigenvalue weighted by Crippen LogP contribution is -2.34. The van der Waals surface area contributed by atoms with Crippen molar-refractivity contribution in [1.82, 2.24) is 0 Å². The Morgan fingerprint density at radius 1 is 1.08 bits per heavy atom. The normalized spacial score (nSPS) is 32.0. The first-order valence-electron chi connectivity index (χ1n) is 4.91. The number of nitrogens with two attached hydrogens (primary N) is 1. The van der Waals surface area contributed by atoms with Gasteiger partial charge in [0.2, 0.25) is 0 Å². The summed E-state index contributed by atoms with van der Waals surface area (Å²) in [5.74, 6) is 0. The van der Waals surface area contributed by atoms with Gasteiger partial charge in [0.05, 0.1) is 11.7 Å². The second-order valence-corrected chi connectivity index (χ2v) is 4.77. The molecule has 0 amide bonds. The third-order valence-electron chi connectivity index (χ3n) is 2.24. The number of hydrogen-bond acceptors (Lipinski definition) is 2. The molecule has 0 saturated heterocycles. The third kappa shape index (κ3) is 3.55. The van der Waals surface area contributed by atoms with Crippen molar-refractivity contribution in [3.05, 3.63) is 0 Å². The topological polar surface area (TPSA) is 35.2 Å². The van der Waals surface area contributed by atoms with Gasteiger partial charge in [0, 0.05) is 6.04 Å². The second kappa shape index (κ2) is 3.75. The van der Waals surface area contributed by atoms with Gasteiger partial charge in [-0.25, -0.2) is 0 Å². The van der Waals surface area contributed by atoms with Crippen molar-refractivity contribution in [1.29, 1.82) is 0 Å². The lowest BCUT2D eigenvalue weighted by molar-refractivity contribution is -0.0748. The molecule has 0 aromatic rings. The van der Waals surface area contributed by atoms with Crippen molar-refractivity contribution < 1.29 is 4.74 Å². The standard InChI is InChI=1S/C10H21NO/c1-10(2,3)12-9-6-4-8(11)5-7-9/h8-9H,4-7,11H2,1-3H3. The minimum absolute atomic E-state index is 0.00605. The number of rotatable bonds is 1. The molecule has 12 heavy (non-hydrogen) atoms. The third-order valence-corrected chi connectivity index (χ3v) is 2.24. The van der Waals surface area contributed by atoms with Gasteiger partial charge in [-0.1, -0.05) is 0 Å². The molecule has 1 aliphatic carbocycles. The maximum atomic E-state index is 5.87. The Labute approximate surface area is 75.5 Å². The lowest BCUT2D eigenvalue weighted by Gasteiger charge is -2.32. The van der Waals surface area contributed by atoms with E-state index in [1.54, 1.807) is 0 Å². The summed E-state index contributed by atoms with van der Waals surface area (Å²) in [5.41, 5.74) is 5.81. The van der Waals surface area contributed by atoms with Gasteiger partial charge in [0.15, 0.2) is 0 Å². The average Bonchev–Trinajstić information content (AvgIpc) is 1.91. The molecule has 0 spiro atoms. The smallest absolute Gasteiger partial charge is 0.0602 e. The molecule has 0 aromatic carbocycles. The summed E-state index contributed by atoms with van der Waals surface area (Å²) in [5, 5.41) is 0. The van der Waals surface area contributed by atoms with E-state index < -0.39 is 0 Å². The Morgan fingerprint density at radius 3 is 2.00 bits per heavy atom. The molecule has 72 valence electrons. The van der Waals surface area contributed by atoms with E-state index in [2.05, 4.69) is 20.8 Å². The summed E-state index contributed by atoms with van der Waals surface area (Å²) in [6.45, 7) is 6.34. The molecule has 0 atom stereocenters. The molecule has 0 heterocycles. The van der Waals surface area contributed by atoms with E-state index in [4.69, 9.17) is 10.5 Å². The Kier molecular flexibility index (Phi) is 3.13. The molecule has 2 nitrogen and oxygen atoms in total. The zero-order valence-corrected chi connectivity index (χ0v) is 8.47. The molecule has 1 saturated carbocycles. The summed E-state index contributed by atoms with van der Waals surface area (Å²) >= 11 is 0. The van der Waals surface area contributed by atoms with E-state index in [1.807, 2.05) is 0 Å². The van der Waals surface area contributed by atoms with Crippen LogP contribution < -0.4 is 5.73 Å². The van der Waals surface area contributed by atoms with Crippen LogP contribution >= 0.6 is 0 Å². The van der Waals surface area contributed by atoms with Crippen LogP contribution in [0.3, 0.4) is 0 Å². The van der Waals surface area contributed by atoms with Crippen LogP contribution in [-0.4, -0.2) is 17.7 Å². The Morgan fingerprint density at radius 2 is 1.58 bits per heavy atom. The summed E-state index contributed by atoms with van der Waals surface area (Å²) < 4.78 is 5.87. The molecule has 0 bridgehead atoms. The molecular formula is C10H21NO. The monoisotopic (exact) mass is 171 g/mol. The predicted octanol–water partition coefficient (Wildman–Crippen LogP) is 2.07. The molecule has 0 radical (unpaired) electrons. The summed E-state index contributed by atoms with van der Waals surface area (Å²) in [6.07, 6.45) is 4.98. The number of hydrogen-bond donors (Lipinski definition) is 1. The van der Waals surface area contributed by atoms with Crippen LogP contribution in [0.25, 0.3) is 0 Å². The zero-order chi connectivity index (χ0) is 9.19. The first-order chi connectivity index (χ1) is 5.47. The highest BCUT2D eigenvalue weighted by molar-refractivity contribution is 4.76. The van der Waals surface area contributed by atoms with Crippen molar-refractivity contribution in [3.63, 3.8) is 0 Å². The fourth-order valence-electron chi connectivity index (χ4n) is 1.71. The largest absolute Gasteiger partial charge is 0.373 e. The van der Waals surface area contributed by atoms with Crippen molar-refractivity contribution in [3.8, 4) is 0 Å². The minimum Gasteiger partial charge on any atom is -0.373 e. The van der Waals surface area contributed by atoms with Crippen LogP contribution in [-0.2, 0) is 4.74 Å². The van der Waals surface area contributed by atoms with Gasteiger partial charge in [-0.2, -0.15) is 0 Å². The van der Waals surface area contributed by atoms with Gasteiger partial charge < -0.3 is 10.5 Å². The van der Waals surface area contributed by atoms with Crippen LogP contribution in [0.4, 0.5) is 0 Å². The summed E-state index contributed by atoms with van der Waals surface area (Å²) in [6, 6.07) is 0.421. The van der Waals surface area contributed by atoms with Gasteiger partial charge in [0.1, 0.15) is 0 Å². The molecule has 0 unspecified atom stereocenters. The summed E-state index contributed by atoms with van der Waals surface area (Å²) in [4.78, 5) is 0.